The molecule has 0 aliphatic heterocycles. The lowest BCUT2D eigenvalue weighted by atomic mass is 10.2. The number of amides is 1. The van der Waals surface area contributed by atoms with E-state index in [0.717, 1.165) is 5.76 Å². The van der Waals surface area contributed by atoms with Gasteiger partial charge in [0.05, 0.1) is 15.5 Å². The Bertz CT molecular complexity index is 672. The predicted octanol–water partition coefficient (Wildman–Crippen LogP) is 3.21. The molecule has 1 amide bonds. The molecule has 0 radical (unpaired) electrons. The van der Waals surface area contributed by atoms with Gasteiger partial charge in [-0.1, -0.05) is 11.6 Å². The molecule has 0 bridgehead atoms. The van der Waals surface area contributed by atoms with Crippen LogP contribution < -0.4 is 5.32 Å². The molecule has 0 spiro atoms. The molecule has 21 heavy (non-hydrogen) atoms. The molecule has 3 aromatic rings. The van der Waals surface area contributed by atoms with Crippen molar-refractivity contribution in [1.29, 1.82) is 0 Å². The lowest BCUT2D eigenvalue weighted by Gasteiger charge is -2.15. The van der Waals surface area contributed by atoms with Crippen molar-refractivity contribution in [3.05, 3.63) is 64.0 Å². The summed E-state index contributed by atoms with van der Waals surface area (Å²) in [6.45, 7) is 0.379. The molecular weight excluding hydrogens is 310 g/mol. The van der Waals surface area contributed by atoms with Crippen LogP contribution in [0.4, 0.5) is 0 Å². The fraction of sp³-hybridized carbons (Fsp3) is 0.143. The molecule has 108 valence electrons. The number of nitrogens with one attached hydrogen (secondary N) is 1. The van der Waals surface area contributed by atoms with Crippen LogP contribution in [0.1, 0.15) is 21.5 Å². The highest BCUT2D eigenvalue weighted by Gasteiger charge is 2.18. The Hall–Kier alpha value is -2.05. The first-order valence-electron chi connectivity index (χ1n) is 6.30. The van der Waals surface area contributed by atoms with Gasteiger partial charge in [0.25, 0.3) is 5.91 Å². The molecule has 7 heteroatoms. The number of halogens is 1. The molecule has 5 nitrogen and oxygen atoms in total. The maximum atomic E-state index is 12.1. The van der Waals surface area contributed by atoms with E-state index in [9.17, 15) is 4.79 Å². The van der Waals surface area contributed by atoms with E-state index in [1.807, 2.05) is 24.4 Å². The lowest BCUT2D eigenvalue weighted by Crippen LogP contribution is -2.31. The third-order valence-corrected chi connectivity index (χ3v) is 4.20. The molecule has 0 saturated heterocycles. The van der Waals surface area contributed by atoms with Crippen LogP contribution in [0.25, 0.3) is 0 Å². The minimum Gasteiger partial charge on any atom is -0.467 e. The van der Waals surface area contributed by atoms with E-state index >= 15 is 0 Å². The van der Waals surface area contributed by atoms with Gasteiger partial charge >= 0.3 is 0 Å². The first-order chi connectivity index (χ1) is 10.2. The van der Waals surface area contributed by atoms with Gasteiger partial charge in [0.1, 0.15) is 11.8 Å². The van der Waals surface area contributed by atoms with Crippen molar-refractivity contribution < 1.29 is 9.21 Å². The lowest BCUT2D eigenvalue weighted by molar-refractivity contribution is 0.0952. The molecule has 3 heterocycles. The Labute approximate surface area is 130 Å². The van der Waals surface area contributed by atoms with Crippen LogP contribution in [0, 0.1) is 0 Å². The summed E-state index contributed by atoms with van der Waals surface area (Å²) in [5.41, 5.74) is 0. The first kappa shape index (κ1) is 13.9. The van der Waals surface area contributed by atoms with Crippen molar-refractivity contribution >= 4 is 28.8 Å². The van der Waals surface area contributed by atoms with Crippen LogP contribution in [-0.4, -0.2) is 22.2 Å². The minimum absolute atomic E-state index is 0.157. The smallest absolute Gasteiger partial charge is 0.261 e. The van der Waals surface area contributed by atoms with Crippen molar-refractivity contribution in [2.75, 3.05) is 6.54 Å². The fourth-order valence-electron chi connectivity index (χ4n) is 1.98. The molecule has 1 unspecified atom stereocenters. The van der Waals surface area contributed by atoms with E-state index in [1.165, 1.54) is 11.3 Å². The van der Waals surface area contributed by atoms with Gasteiger partial charge in [-0.3, -0.25) is 9.48 Å². The van der Waals surface area contributed by atoms with Crippen molar-refractivity contribution in [3.63, 3.8) is 0 Å². The molecule has 0 aliphatic carbocycles. The van der Waals surface area contributed by atoms with Crippen LogP contribution in [0.5, 0.6) is 0 Å². The Morgan fingerprint density at radius 1 is 1.43 bits per heavy atom. The summed E-state index contributed by atoms with van der Waals surface area (Å²) < 4.78 is 7.77. The van der Waals surface area contributed by atoms with E-state index in [2.05, 4.69) is 10.4 Å². The topological polar surface area (TPSA) is 60.1 Å². The number of carbonyl (C=O) groups is 1. The van der Waals surface area contributed by atoms with Gasteiger partial charge in [-0.15, -0.1) is 11.3 Å². The quantitative estimate of drug-likeness (QED) is 0.785. The van der Waals surface area contributed by atoms with E-state index in [-0.39, 0.29) is 11.9 Å². The number of carbonyl (C=O) groups excluding carboxylic acids is 1. The second-order valence-electron chi connectivity index (χ2n) is 4.33. The summed E-state index contributed by atoms with van der Waals surface area (Å²) in [6, 6.07) is 8.73. The third kappa shape index (κ3) is 3.17. The van der Waals surface area contributed by atoms with Crippen LogP contribution in [0.3, 0.4) is 0 Å². The van der Waals surface area contributed by atoms with Gasteiger partial charge in [0.2, 0.25) is 0 Å². The predicted molar refractivity (Wildman–Crippen MR) is 80.7 cm³/mol. The van der Waals surface area contributed by atoms with Crippen LogP contribution in [-0.2, 0) is 0 Å². The fourth-order valence-corrected chi connectivity index (χ4v) is 2.94. The van der Waals surface area contributed by atoms with Crippen LogP contribution >= 0.6 is 22.9 Å². The summed E-state index contributed by atoms with van der Waals surface area (Å²) in [5, 5.41) is 7.10. The maximum absolute atomic E-state index is 12.1. The van der Waals surface area contributed by atoms with Crippen molar-refractivity contribution in [1.82, 2.24) is 15.1 Å². The van der Waals surface area contributed by atoms with Gasteiger partial charge < -0.3 is 9.73 Å². The van der Waals surface area contributed by atoms with Crippen molar-refractivity contribution in [3.8, 4) is 0 Å². The van der Waals surface area contributed by atoms with Crippen molar-refractivity contribution in [2.45, 2.75) is 6.04 Å². The Balaban J connectivity index is 1.72. The largest absolute Gasteiger partial charge is 0.467 e. The zero-order valence-electron chi connectivity index (χ0n) is 10.9. The molecular formula is C14H12ClN3O2S. The van der Waals surface area contributed by atoms with Crippen LogP contribution in [0.15, 0.2) is 53.4 Å². The second-order valence-corrected chi connectivity index (χ2v) is 6.05. The molecule has 0 aliphatic rings. The van der Waals surface area contributed by atoms with Gasteiger partial charge in [0.15, 0.2) is 0 Å². The number of hydrogen-bond donors (Lipinski definition) is 1. The summed E-state index contributed by atoms with van der Waals surface area (Å²) >= 11 is 7.09. The van der Waals surface area contributed by atoms with E-state index in [4.69, 9.17) is 16.0 Å². The highest BCUT2D eigenvalue weighted by molar-refractivity contribution is 7.17. The number of nitrogens with zero attached hydrogens (tertiary/aromatic N) is 2. The second kappa shape index (κ2) is 6.15. The summed E-state index contributed by atoms with van der Waals surface area (Å²) in [6.07, 6.45) is 5.13. The molecule has 1 atom stereocenters. The average Bonchev–Trinajstić information content (AvgIpc) is 3.21. The Morgan fingerprint density at radius 2 is 2.33 bits per heavy atom. The van der Waals surface area contributed by atoms with Crippen LogP contribution in [0.2, 0.25) is 4.34 Å². The Morgan fingerprint density at radius 3 is 2.95 bits per heavy atom. The summed E-state index contributed by atoms with van der Waals surface area (Å²) in [5.74, 6) is 0.582. The SMILES string of the molecule is O=C(NCC(c1ccco1)n1cccn1)c1ccc(Cl)s1. The first-order valence-corrected chi connectivity index (χ1v) is 7.49. The average molecular weight is 322 g/mol. The van der Waals surface area contributed by atoms with Gasteiger partial charge in [-0.2, -0.15) is 5.10 Å². The van der Waals surface area contributed by atoms with E-state index < -0.39 is 0 Å². The summed E-state index contributed by atoms with van der Waals surface area (Å²) in [7, 11) is 0. The molecule has 1 N–H and O–H groups in total. The molecule has 3 rings (SSSR count). The zero-order chi connectivity index (χ0) is 14.7. The third-order valence-electron chi connectivity index (χ3n) is 2.97. The molecule has 0 fully saturated rings. The number of rotatable bonds is 5. The van der Waals surface area contributed by atoms with E-state index in [1.54, 1.807) is 29.3 Å². The highest BCUT2D eigenvalue weighted by atomic mass is 35.5. The van der Waals surface area contributed by atoms with Crippen molar-refractivity contribution in [2.24, 2.45) is 0 Å². The summed E-state index contributed by atoms with van der Waals surface area (Å²) in [4.78, 5) is 12.7. The number of thiophene rings is 1. The van der Waals surface area contributed by atoms with Gasteiger partial charge in [-0.05, 0) is 30.3 Å². The monoisotopic (exact) mass is 321 g/mol. The normalized spacial score (nSPS) is 12.2. The zero-order valence-corrected chi connectivity index (χ0v) is 12.5. The minimum atomic E-state index is -0.186. The van der Waals surface area contributed by atoms with Gasteiger partial charge in [-0.25, -0.2) is 0 Å². The Kier molecular flexibility index (Phi) is 4.08. The maximum Gasteiger partial charge on any atom is 0.261 e. The number of aromatic nitrogens is 2. The number of hydrogen-bond acceptors (Lipinski definition) is 4. The molecule has 0 saturated carbocycles. The number of furan rings is 1. The van der Waals surface area contributed by atoms with E-state index in [0.29, 0.717) is 15.8 Å². The molecule has 3 aromatic heterocycles. The standard InChI is InChI=1S/C14H12ClN3O2S/c15-13-5-4-12(21-13)14(19)16-9-10(11-3-1-8-20-11)18-7-2-6-17-18/h1-8,10H,9H2,(H,16,19). The molecule has 0 aromatic carbocycles. The van der Waals surface area contributed by atoms with Gasteiger partial charge in [0, 0.05) is 18.9 Å². The highest BCUT2D eigenvalue weighted by Crippen LogP contribution is 2.22.